The maximum absolute atomic E-state index is 6.15. The predicted octanol–water partition coefficient (Wildman–Crippen LogP) is 2.22. The van der Waals surface area contributed by atoms with E-state index < -0.39 is 0 Å². The Morgan fingerprint density at radius 2 is 2.18 bits per heavy atom. The van der Waals surface area contributed by atoms with Crippen LogP contribution in [0.2, 0.25) is 5.02 Å². The maximum Gasteiger partial charge on any atom is 0.0955 e. The summed E-state index contributed by atoms with van der Waals surface area (Å²) in [6.07, 6.45) is 6.75. The van der Waals surface area contributed by atoms with Gasteiger partial charge in [0.15, 0.2) is 0 Å². The van der Waals surface area contributed by atoms with Gasteiger partial charge in [0.05, 0.1) is 28.6 Å². The molecule has 17 heavy (non-hydrogen) atoms. The quantitative estimate of drug-likeness (QED) is 0.902. The van der Waals surface area contributed by atoms with Crippen molar-refractivity contribution in [2.24, 2.45) is 0 Å². The number of hydrogen-bond donors (Lipinski definition) is 1. The first kappa shape index (κ1) is 12.0. The van der Waals surface area contributed by atoms with E-state index in [0.717, 1.165) is 17.9 Å². The van der Waals surface area contributed by atoms with Crippen LogP contribution in [0.1, 0.15) is 24.4 Å². The topological polar surface area (TPSA) is 50.7 Å². The largest absolute Gasteiger partial charge is 0.304 e. The molecule has 0 aliphatic heterocycles. The van der Waals surface area contributed by atoms with Crippen molar-refractivity contribution in [3.63, 3.8) is 0 Å². The molecule has 2 aromatic heterocycles. The predicted molar refractivity (Wildman–Crippen MR) is 66.8 cm³/mol. The summed E-state index contributed by atoms with van der Waals surface area (Å²) in [5.41, 5.74) is 1.59. The van der Waals surface area contributed by atoms with Crippen LogP contribution in [-0.2, 0) is 0 Å². The van der Waals surface area contributed by atoms with Crippen molar-refractivity contribution in [1.82, 2.24) is 20.3 Å². The van der Waals surface area contributed by atoms with Gasteiger partial charge in [0.25, 0.3) is 0 Å². The molecule has 0 radical (unpaired) electrons. The monoisotopic (exact) mass is 248 g/mol. The van der Waals surface area contributed by atoms with Gasteiger partial charge in [0.1, 0.15) is 0 Å². The summed E-state index contributed by atoms with van der Waals surface area (Å²) in [5, 5.41) is 3.94. The van der Waals surface area contributed by atoms with Gasteiger partial charge in [-0.05, 0) is 18.7 Å². The van der Waals surface area contributed by atoms with Crippen molar-refractivity contribution < 1.29 is 0 Å². The molecule has 1 N–H and O–H groups in total. The van der Waals surface area contributed by atoms with Gasteiger partial charge in [-0.3, -0.25) is 15.0 Å². The molecule has 2 heterocycles. The first-order chi connectivity index (χ1) is 8.33. The highest BCUT2D eigenvalue weighted by atomic mass is 35.5. The fourth-order valence-electron chi connectivity index (χ4n) is 1.62. The molecule has 0 saturated carbocycles. The van der Waals surface area contributed by atoms with Crippen LogP contribution in [0.5, 0.6) is 0 Å². The molecule has 0 aliphatic rings. The molecule has 0 aliphatic carbocycles. The van der Waals surface area contributed by atoms with E-state index in [9.17, 15) is 0 Å². The van der Waals surface area contributed by atoms with Gasteiger partial charge in [-0.25, -0.2) is 0 Å². The summed E-state index contributed by atoms with van der Waals surface area (Å²) in [6.45, 7) is 2.83. The molecule has 0 bridgehead atoms. The second-order valence-electron chi connectivity index (χ2n) is 3.49. The van der Waals surface area contributed by atoms with E-state index >= 15 is 0 Å². The summed E-state index contributed by atoms with van der Waals surface area (Å²) in [5.74, 6) is 0. The van der Waals surface area contributed by atoms with Crippen LogP contribution in [-0.4, -0.2) is 21.5 Å². The van der Waals surface area contributed by atoms with Gasteiger partial charge in [0, 0.05) is 18.6 Å². The lowest BCUT2D eigenvalue weighted by Crippen LogP contribution is -2.24. The Kier molecular flexibility index (Phi) is 4.01. The van der Waals surface area contributed by atoms with Crippen molar-refractivity contribution in [1.29, 1.82) is 0 Å². The minimum absolute atomic E-state index is 0.123. The third kappa shape index (κ3) is 2.78. The first-order valence-corrected chi connectivity index (χ1v) is 5.80. The third-order valence-electron chi connectivity index (χ3n) is 2.35. The Hall–Kier alpha value is -1.52. The minimum atomic E-state index is -0.123. The van der Waals surface area contributed by atoms with Gasteiger partial charge in [-0.1, -0.05) is 18.5 Å². The van der Waals surface area contributed by atoms with Crippen LogP contribution in [0, 0.1) is 0 Å². The van der Waals surface area contributed by atoms with Crippen molar-refractivity contribution in [3.05, 3.63) is 53.3 Å². The number of aromatic nitrogens is 3. The zero-order chi connectivity index (χ0) is 12.1. The molecule has 2 rings (SSSR count). The lowest BCUT2D eigenvalue weighted by molar-refractivity contribution is 0.598. The fraction of sp³-hybridized carbons (Fsp3) is 0.250. The summed E-state index contributed by atoms with van der Waals surface area (Å²) in [6, 6.07) is 3.51. The van der Waals surface area contributed by atoms with Gasteiger partial charge in [0.2, 0.25) is 0 Å². The van der Waals surface area contributed by atoms with Crippen molar-refractivity contribution >= 4 is 11.6 Å². The average molecular weight is 249 g/mol. The van der Waals surface area contributed by atoms with Crippen LogP contribution in [0.25, 0.3) is 0 Å². The van der Waals surface area contributed by atoms with E-state index in [1.807, 2.05) is 19.1 Å². The van der Waals surface area contributed by atoms with Crippen molar-refractivity contribution in [2.45, 2.75) is 13.0 Å². The molecule has 0 spiro atoms. The lowest BCUT2D eigenvalue weighted by atomic mass is 10.1. The van der Waals surface area contributed by atoms with E-state index in [0.29, 0.717) is 5.02 Å². The number of hydrogen-bond acceptors (Lipinski definition) is 4. The van der Waals surface area contributed by atoms with E-state index in [2.05, 4.69) is 20.3 Å². The number of nitrogens with zero attached hydrogens (tertiary/aromatic N) is 3. The van der Waals surface area contributed by atoms with Crippen LogP contribution in [0.4, 0.5) is 0 Å². The van der Waals surface area contributed by atoms with Crippen molar-refractivity contribution in [3.8, 4) is 0 Å². The number of nitrogens with one attached hydrogen (secondary N) is 1. The zero-order valence-electron chi connectivity index (χ0n) is 9.47. The van der Waals surface area contributed by atoms with Gasteiger partial charge >= 0.3 is 0 Å². The lowest BCUT2D eigenvalue weighted by Gasteiger charge is -2.17. The molecule has 5 heteroatoms. The summed E-state index contributed by atoms with van der Waals surface area (Å²) in [7, 11) is 0. The summed E-state index contributed by atoms with van der Waals surface area (Å²) in [4.78, 5) is 12.7. The van der Waals surface area contributed by atoms with E-state index in [1.165, 1.54) is 0 Å². The van der Waals surface area contributed by atoms with Crippen molar-refractivity contribution in [2.75, 3.05) is 6.54 Å². The van der Waals surface area contributed by atoms with Crippen LogP contribution < -0.4 is 5.32 Å². The van der Waals surface area contributed by atoms with Gasteiger partial charge in [-0.15, -0.1) is 0 Å². The van der Waals surface area contributed by atoms with Gasteiger partial charge in [-0.2, -0.15) is 0 Å². The number of pyridine rings is 1. The average Bonchev–Trinajstić information content (AvgIpc) is 2.38. The molecule has 0 saturated heterocycles. The molecular weight excluding hydrogens is 236 g/mol. The number of halogens is 1. The Morgan fingerprint density at radius 3 is 2.82 bits per heavy atom. The molecule has 0 aromatic carbocycles. The Bertz CT molecular complexity index is 475. The molecule has 0 fully saturated rings. The maximum atomic E-state index is 6.15. The fourth-order valence-corrected chi connectivity index (χ4v) is 1.85. The third-order valence-corrected chi connectivity index (χ3v) is 2.67. The van der Waals surface area contributed by atoms with Crippen LogP contribution >= 0.6 is 11.6 Å². The van der Waals surface area contributed by atoms with E-state index in [1.54, 1.807) is 24.8 Å². The molecule has 88 valence electrons. The van der Waals surface area contributed by atoms with E-state index in [-0.39, 0.29) is 6.04 Å². The van der Waals surface area contributed by atoms with Crippen LogP contribution in [0.15, 0.2) is 36.9 Å². The first-order valence-electron chi connectivity index (χ1n) is 5.42. The Balaban J connectivity index is 2.39. The Morgan fingerprint density at radius 1 is 1.29 bits per heavy atom. The normalized spacial score (nSPS) is 12.4. The molecule has 1 atom stereocenters. The SMILES string of the molecule is CCNC(c1cnccn1)c1ncccc1Cl. The molecule has 0 amide bonds. The molecular formula is C12H13ClN4. The number of rotatable bonds is 4. The van der Waals surface area contributed by atoms with Gasteiger partial charge < -0.3 is 5.32 Å². The zero-order valence-corrected chi connectivity index (χ0v) is 10.2. The summed E-state index contributed by atoms with van der Waals surface area (Å²) < 4.78 is 0. The van der Waals surface area contributed by atoms with Crippen LogP contribution in [0.3, 0.4) is 0 Å². The summed E-state index contributed by atoms with van der Waals surface area (Å²) >= 11 is 6.15. The standard InChI is InChI=1S/C12H13ClN4/c1-2-15-12(10-8-14-6-7-16-10)11-9(13)4-3-5-17-11/h3-8,12,15H,2H2,1H3. The van der Waals surface area contributed by atoms with E-state index in [4.69, 9.17) is 11.6 Å². The second-order valence-corrected chi connectivity index (χ2v) is 3.90. The molecule has 2 aromatic rings. The highest BCUT2D eigenvalue weighted by Crippen LogP contribution is 2.24. The highest BCUT2D eigenvalue weighted by molar-refractivity contribution is 6.31. The molecule has 1 unspecified atom stereocenters. The highest BCUT2D eigenvalue weighted by Gasteiger charge is 2.18. The smallest absolute Gasteiger partial charge is 0.0955 e. The second kappa shape index (κ2) is 5.70. The minimum Gasteiger partial charge on any atom is -0.304 e. The Labute approximate surface area is 105 Å². The molecule has 4 nitrogen and oxygen atoms in total.